The van der Waals surface area contributed by atoms with Gasteiger partial charge in [0.2, 0.25) is 0 Å². The van der Waals surface area contributed by atoms with Crippen LogP contribution in [-0.4, -0.2) is 52.5 Å². The molecule has 128 valence electrons. The molecule has 7 heteroatoms. The third-order valence-corrected chi connectivity index (χ3v) is 3.89. The van der Waals surface area contributed by atoms with E-state index < -0.39 is 0 Å². The normalized spacial score (nSPS) is 20.8. The number of nitrogens with one attached hydrogen (secondary N) is 1. The minimum atomic E-state index is -0.219. The molecular formula is C17H22N4O3. The average molecular weight is 330 g/mol. The monoisotopic (exact) mass is 330 g/mol. The van der Waals surface area contributed by atoms with Crippen LogP contribution in [0.2, 0.25) is 0 Å². The van der Waals surface area contributed by atoms with Crippen LogP contribution in [0, 0.1) is 0 Å². The van der Waals surface area contributed by atoms with E-state index in [0.29, 0.717) is 31.2 Å². The zero-order valence-corrected chi connectivity index (χ0v) is 13.9. The minimum Gasteiger partial charge on any atom is -0.379 e. The van der Waals surface area contributed by atoms with Crippen molar-refractivity contribution >= 4 is 11.6 Å². The summed E-state index contributed by atoms with van der Waals surface area (Å²) >= 11 is 0. The van der Waals surface area contributed by atoms with E-state index in [-0.39, 0.29) is 18.1 Å². The lowest BCUT2D eigenvalue weighted by Crippen LogP contribution is -2.50. The van der Waals surface area contributed by atoms with Gasteiger partial charge in [-0.25, -0.2) is 9.50 Å². The Hall–Kier alpha value is -2.25. The number of hydrogen-bond donors (Lipinski definition) is 1. The van der Waals surface area contributed by atoms with E-state index in [0.717, 1.165) is 6.42 Å². The molecule has 1 aliphatic heterocycles. The van der Waals surface area contributed by atoms with Gasteiger partial charge in [0.1, 0.15) is 6.10 Å². The Morgan fingerprint density at radius 1 is 1.54 bits per heavy atom. The summed E-state index contributed by atoms with van der Waals surface area (Å²) < 4.78 is 12.9. The van der Waals surface area contributed by atoms with Gasteiger partial charge in [-0.3, -0.25) is 4.79 Å². The number of nitrogens with zero attached hydrogens (tertiary/aromatic N) is 3. The van der Waals surface area contributed by atoms with E-state index in [9.17, 15) is 4.79 Å². The van der Waals surface area contributed by atoms with Gasteiger partial charge in [-0.05, 0) is 26.3 Å². The Kier molecular flexibility index (Phi) is 5.22. The first-order valence-electron chi connectivity index (χ1n) is 8.07. The minimum absolute atomic E-state index is 0.0883. The lowest BCUT2D eigenvalue weighted by atomic mass is 10.1. The van der Waals surface area contributed by atoms with E-state index in [1.54, 1.807) is 29.0 Å². The van der Waals surface area contributed by atoms with Crippen LogP contribution in [0.4, 0.5) is 0 Å². The lowest BCUT2D eigenvalue weighted by Gasteiger charge is -2.31. The molecule has 0 spiro atoms. The van der Waals surface area contributed by atoms with Crippen molar-refractivity contribution < 1.29 is 14.3 Å². The second-order valence-electron chi connectivity index (χ2n) is 6.05. The molecule has 1 amide bonds. The Balaban J connectivity index is 1.65. The summed E-state index contributed by atoms with van der Waals surface area (Å²) in [4.78, 5) is 16.7. The van der Waals surface area contributed by atoms with Crippen molar-refractivity contribution in [1.29, 1.82) is 0 Å². The fourth-order valence-corrected chi connectivity index (χ4v) is 2.56. The summed E-state index contributed by atoms with van der Waals surface area (Å²) in [5.74, 6) is -0.219. The number of hydrogen-bond acceptors (Lipinski definition) is 5. The fraction of sp³-hybridized carbons (Fsp3) is 0.471. The Labute approximate surface area is 140 Å². The van der Waals surface area contributed by atoms with Gasteiger partial charge in [0.25, 0.3) is 5.91 Å². The molecule has 0 unspecified atom stereocenters. The first-order chi connectivity index (χ1) is 11.6. The van der Waals surface area contributed by atoms with Gasteiger partial charge in [0, 0.05) is 25.1 Å². The standard InChI is InChI=1S/C17H22N4O3/c1-12(2)4-9-24-15-11-23-8-5-13(15)19-17(22)14-10-16-18-6-3-7-21(16)20-14/h3-4,6-7,10,13,15H,5,8-9,11H2,1-2H3,(H,19,22)/t13-,15-/m1/s1. The van der Waals surface area contributed by atoms with Gasteiger partial charge in [-0.15, -0.1) is 0 Å². The molecule has 24 heavy (non-hydrogen) atoms. The van der Waals surface area contributed by atoms with Crippen molar-refractivity contribution in [2.75, 3.05) is 19.8 Å². The molecule has 1 N–H and O–H groups in total. The van der Waals surface area contributed by atoms with Gasteiger partial charge < -0.3 is 14.8 Å². The van der Waals surface area contributed by atoms with Crippen LogP contribution in [-0.2, 0) is 9.47 Å². The Morgan fingerprint density at radius 2 is 2.42 bits per heavy atom. The second-order valence-corrected chi connectivity index (χ2v) is 6.05. The molecule has 0 aromatic carbocycles. The van der Waals surface area contributed by atoms with Gasteiger partial charge in [0.15, 0.2) is 11.3 Å². The number of rotatable bonds is 5. The van der Waals surface area contributed by atoms with Crippen LogP contribution in [0.25, 0.3) is 5.65 Å². The van der Waals surface area contributed by atoms with Crippen LogP contribution in [0.3, 0.4) is 0 Å². The highest BCUT2D eigenvalue weighted by atomic mass is 16.5. The van der Waals surface area contributed by atoms with Crippen molar-refractivity contribution in [3.8, 4) is 0 Å². The predicted molar refractivity (Wildman–Crippen MR) is 88.8 cm³/mol. The number of amides is 1. The summed E-state index contributed by atoms with van der Waals surface area (Å²) in [6, 6.07) is 3.36. The van der Waals surface area contributed by atoms with Crippen molar-refractivity contribution in [2.45, 2.75) is 32.4 Å². The van der Waals surface area contributed by atoms with Crippen LogP contribution in [0.15, 0.2) is 36.2 Å². The second kappa shape index (κ2) is 7.55. The molecule has 1 saturated heterocycles. The highest BCUT2D eigenvalue weighted by Gasteiger charge is 2.28. The average Bonchev–Trinajstić information content (AvgIpc) is 3.00. The smallest absolute Gasteiger partial charge is 0.272 e. The lowest BCUT2D eigenvalue weighted by molar-refractivity contribution is -0.0589. The number of fused-ring (bicyclic) bond motifs is 1. The summed E-state index contributed by atoms with van der Waals surface area (Å²) in [5, 5.41) is 7.27. The molecule has 2 atom stereocenters. The molecule has 3 heterocycles. The van der Waals surface area contributed by atoms with E-state index in [4.69, 9.17) is 9.47 Å². The molecule has 0 saturated carbocycles. The predicted octanol–water partition coefficient (Wildman–Crippen LogP) is 1.60. The number of aromatic nitrogens is 3. The van der Waals surface area contributed by atoms with Crippen LogP contribution in [0.5, 0.6) is 0 Å². The first-order valence-corrected chi connectivity index (χ1v) is 8.07. The molecule has 2 aromatic heterocycles. The van der Waals surface area contributed by atoms with E-state index in [2.05, 4.69) is 15.4 Å². The molecule has 1 fully saturated rings. The fourth-order valence-electron chi connectivity index (χ4n) is 2.56. The topological polar surface area (TPSA) is 77.8 Å². The zero-order valence-electron chi connectivity index (χ0n) is 13.9. The number of allylic oxidation sites excluding steroid dienone is 1. The van der Waals surface area contributed by atoms with Crippen molar-refractivity contribution in [1.82, 2.24) is 19.9 Å². The van der Waals surface area contributed by atoms with Crippen LogP contribution >= 0.6 is 0 Å². The van der Waals surface area contributed by atoms with Crippen LogP contribution < -0.4 is 5.32 Å². The van der Waals surface area contributed by atoms with Gasteiger partial charge in [0.05, 0.1) is 19.3 Å². The van der Waals surface area contributed by atoms with Crippen LogP contribution in [0.1, 0.15) is 30.8 Å². The largest absolute Gasteiger partial charge is 0.379 e. The maximum Gasteiger partial charge on any atom is 0.272 e. The zero-order chi connectivity index (χ0) is 16.9. The van der Waals surface area contributed by atoms with Crippen molar-refractivity contribution in [3.05, 3.63) is 41.9 Å². The SMILES string of the molecule is CC(C)=CCO[C@@H]1COCC[C@H]1NC(=O)c1cc2ncccn2n1. The highest BCUT2D eigenvalue weighted by Crippen LogP contribution is 2.13. The molecule has 0 bridgehead atoms. The van der Waals surface area contributed by atoms with Crippen molar-refractivity contribution in [3.63, 3.8) is 0 Å². The molecular weight excluding hydrogens is 308 g/mol. The summed E-state index contributed by atoms with van der Waals surface area (Å²) in [7, 11) is 0. The van der Waals surface area contributed by atoms with Gasteiger partial charge >= 0.3 is 0 Å². The summed E-state index contributed by atoms with van der Waals surface area (Å²) in [5.41, 5.74) is 2.19. The Morgan fingerprint density at radius 3 is 3.21 bits per heavy atom. The third kappa shape index (κ3) is 3.98. The maximum atomic E-state index is 12.5. The maximum absolute atomic E-state index is 12.5. The quantitative estimate of drug-likeness (QED) is 0.843. The molecule has 3 rings (SSSR count). The molecule has 0 radical (unpaired) electrons. The summed E-state index contributed by atoms with van der Waals surface area (Å²) in [6.07, 6.45) is 6.01. The highest BCUT2D eigenvalue weighted by molar-refractivity contribution is 5.93. The Bertz CT molecular complexity index is 703. The number of carbonyl (C=O) groups is 1. The molecule has 7 nitrogen and oxygen atoms in total. The van der Waals surface area contributed by atoms with E-state index >= 15 is 0 Å². The van der Waals surface area contributed by atoms with Gasteiger partial charge in [-0.1, -0.05) is 11.6 Å². The van der Waals surface area contributed by atoms with E-state index in [1.165, 1.54) is 5.57 Å². The van der Waals surface area contributed by atoms with Gasteiger partial charge in [-0.2, -0.15) is 5.10 Å². The molecule has 1 aliphatic rings. The number of carbonyl (C=O) groups excluding carboxylic acids is 1. The van der Waals surface area contributed by atoms with E-state index in [1.807, 2.05) is 19.9 Å². The third-order valence-electron chi connectivity index (χ3n) is 3.89. The number of ether oxygens (including phenoxy) is 2. The summed E-state index contributed by atoms with van der Waals surface area (Å²) in [6.45, 7) is 5.66. The molecule has 0 aliphatic carbocycles. The molecule has 2 aromatic rings. The van der Waals surface area contributed by atoms with Crippen molar-refractivity contribution in [2.24, 2.45) is 0 Å². The first kappa shape index (κ1) is 16.6.